The van der Waals surface area contributed by atoms with Crippen LogP contribution >= 0.6 is 0 Å². The molecule has 30 heavy (non-hydrogen) atoms. The van der Waals surface area contributed by atoms with Gasteiger partial charge in [0.2, 0.25) is 5.88 Å². The lowest BCUT2D eigenvalue weighted by atomic mass is 9.98. The molecule has 0 unspecified atom stereocenters. The molecule has 4 heterocycles. The Morgan fingerprint density at radius 2 is 2.00 bits per heavy atom. The van der Waals surface area contributed by atoms with Gasteiger partial charge in [-0.1, -0.05) is 0 Å². The van der Waals surface area contributed by atoms with Crippen LogP contribution in [0.15, 0.2) is 24.5 Å². The number of nitriles is 1. The van der Waals surface area contributed by atoms with Crippen molar-refractivity contribution in [3.8, 4) is 34.3 Å². The van der Waals surface area contributed by atoms with Crippen molar-refractivity contribution >= 4 is 11.7 Å². The van der Waals surface area contributed by atoms with Crippen LogP contribution in [-0.4, -0.2) is 43.7 Å². The fraction of sp³-hybridized carbons (Fsp3) is 0.286. The zero-order chi connectivity index (χ0) is 21.6. The Morgan fingerprint density at radius 3 is 2.60 bits per heavy atom. The minimum Gasteiger partial charge on any atom is -0.481 e. The summed E-state index contributed by atoms with van der Waals surface area (Å²) in [4.78, 5) is 23.5. The number of aromatic nitrogens is 4. The second kappa shape index (κ2) is 7.15. The number of carbonyl (C=O) groups is 1. The molecule has 0 spiro atoms. The fourth-order valence-corrected chi connectivity index (χ4v) is 3.59. The number of amides is 1. The van der Waals surface area contributed by atoms with Gasteiger partial charge in [0.25, 0.3) is 5.91 Å². The first-order chi connectivity index (χ1) is 14.3. The largest absolute Gasteiger partial charge is 0.481 e. The summed E-state index contributed by atoms with van der Waals surface area (Å²) >= 11 is 0. The first-order valence-corrected chi connectivity index (χ1v) is 9.43. The Hall–Kier alpha value is -3.93. The Labute approximate surface area is 173 Å². The molecule has 1 aliphatic heterocycles. The van der Waals surface area contributed by atoms with E-state index in [0.29, 0.717) is 40.5 Å². The van der Waals surface area contributed by atoms with E-state index in [4.69, 9.17) is 10.5 Å². The lowest BCUT2D eigenvalue weighted by Gasteiger charge is -2.19. The average Bonchev–Trinajstić information content (AvgIpc) is 3.29. The highest BCUT2D eigenvalue weighted by Gasteiger charge is 2.32. The predicted octanol–water partition coefficient (Wildman–Crippen LogP) is 2.37. The topological polar surface area (TPSA) is 123 Å². The van der Waals surface area contributed by atoms with E-state index in [1.165, 1.54) is 7.11 Å². The van der Waals surface area contributed by atoms with Crippen molar-refractivity contribution in [1.82, 2.24) is 24.6 Å². The molecule has 3 aromatic rings. The summed E-state index contributed by atoms with van der Waals surface area (Å²) in [5.41, 5.74) is 9.81. The number of nitrogens with zero attached hydrogens (tertiary/aromatic N) is 6. The number of nitrogen functional groups attached to an aromatic ring is 1. The maximum absolute atomic E-state index is 12.9. The average molecular weight is 403 g/mol. The molecule has 152 valence electrons. The zero-order valence-corrected chi connectivity index (χ0v) is 17.2. The standard InChI is InChI=1S/C21H21N7O2/c1-11(2)28-10-18-15(21(28)29)5-14(20(26-18)30-4)13-6-17(12-8-24-27(3)9-12)25-19(23)16(13)7-22/h5-6,8-9,11H,10H2,1-4H3,(H2,23,25). The summed E-state index contributed by atoms with van der Waals surface area (Å²) in [5, 5.41) is 13.9. The van der Waals surface area contributed by atoms with Gasteiger partial charge in [-0.2, -0.15) is 10.4 Å². The molecular weight excluding hydrogens is 382 g/mol. The second-order valence-corrected chi connectivity index (χ2v) is 7.40. The molecule has 4 rings (SSSR count). The SMILES string of the molecule is COc1nc2c(cc1-c1cc(-c3cnn(C)c3)nc(N)c1C#N)C(=O)N(C(C)C)C2. The molecule has 0 radical (unpaired) electrons. The summed E-state index contributed by atoms with van der Waals surface area (Å²) in [6, 6.07) is 5.64. The van der Waals surface area contributed by atoms with Crippen molar-refractivity contribution in [2.24, 2.45) is 7.05 Å². The summed E-state index contributed by atoms with van der Waals surface area (Å²) in [6.07, 6.45) is 3.47. The molecule has 0 aromatic carbocycles. The molecule has 0 saturated carbocycles. The molecular formula is C21H21N7O2. The maximum Gasteiger partial charge on any atom is 0.256 e. The Kier molecular flexibility index (Phi) is 4.62. The van der Waals surface area contributed by atoms with Gasteiger partial charge in [0, 0.05) is 36.0 Å². The summed E-state index contributed by atoms with van der Waals surface area (Å²) < 4.78 is 7.17. The third kappa shape index (κ3) is 3.03. The highest BCUT2D eigenvalue weighted by molar-refractivity contribution is 6.00. The molecule has 1 amide bonds. The van der Waals surface area contributed by atoms with Crippen molar-refractivity contribution in [3.63, 3.8) is 0 Å². The van der Waals surface area contributed by atoms with Crippen molar-refractivity contribution < 1.29 is 9.53 Å². The molecule has 0 bridgehead atoms. The van der Waals surface area contributed by atoms with Gasteiger partial charge in [-0.15, -0.1) is 0 Å². The summed E-state index contributed by atoms with van der Waals surface area (Å²) in [7, 11) is 3.31. The number of rotatable bonds is 4. The third-order valence-electron chi connectivity index (χ3n) is 5.14. The maximum atomic E-state index is 12.9. The van der Waals surface area contributed by atoms with Crippen molar-refractivity contribution in [3.05, 3.63) is 41.3 Å². The number of carbonyl (C=O) groups excluding carboxylic acids is 1. The lowest BCUT2D eigenvalue weighted by Crippen LogP contribution is -2.30. The molecule has 0 aliphatic carbocycles. The Morgan fingerprint density at radius 1 is 1.23 bits per heavy atom. The quantitative estimate of drug-likeness (QED) is 0.709. The molecule has 9 heteroatoms. The smallest absolute Gasteiger partial charge is 0.256 e. The minimum absolute atomic E-state index is 0.0459. The van der Waals surface area contributed by atoms with Gasteiger partial charge in [-0.05, 0) is 26.0 Å². The van der Waals surface area contributed by atoms with Crippen LogP contribution in [0.25, 0.3) is 22.4 Å². The fourth-order valence-electron chi connectivity index (χ4n) is 3.59. The molecule has 1 aliphatic rings. The van der Waals surface area contributed by atoms with E-state index in [1.807, 2.05) is 13.8 Å². The number of methoxy groups -OCH3 is 1. The van der Waals surface area contributed by atoms with E-state index >= 15 is 0 Å². The van der Waals surface area contributed by atoms with Crippen molar-refractivity contribution in [2.75, 3.05) is 12.8 Å². The number of nitrogens with two attached hydrogens (primary N) is 1. The van der Waals surface area contributed by atoms with E-state index in [0.717, 1.165) is 5.56 Å². The highest BCUT2D eigenvalue weighted by atomic mass is 16.5. The molecule has 0 atom stereocenters. The van der Waals surface area contributed by atoms with Crippen LogP contribution in [0.2, 0.25) is 0 Å². The van der Waals surface area contributed by atoms with Crippen LogP contribution in [0.1, 0.15) is 35.5 Å². The number of aryl methyl sites for hydroxylation is 1. The van der Waals surface area contributed by atoms with Gasteiger partial charge >= 0.3 is 0 Å². The zero-order valence-electron chi connectivity index (χ0n) is 17.2. The normalized spacial score (nSPS) is 12.9. The van der Waals surface area contributed by atoms with E-state index in [2.05, 4.69) is 21.1 Å². The van der Waals surface area contributed by atoms with Gasteiger partial charge in [0.1, 0.15) is 17.5 Å². The van der Waals surface area contributed by atoms with Gasteiger partial charge in [0.15, 0.2) is 0 Å². The number of ether oxygens (including phenoxy) is 1. The summed E-state index contributed by atoms with van der Waals surface area (Å²) in [6.45, 7) is 4.34. The first kappa shape index (κ1) is 19.4. The molecule has 2 N–H and O–H groups in total. The van der Waals surface area contributed by atoms with E-state index in [9.17, 15) is 10.1 Å². The number of hydrogen-bond donors (Lipinski definition) is 1. The molecule has 0 saturated heterocycles. The monoisotopic (exact) mass is 403 g/mol. The number of anilines is 1. The van der Waals surface area contributed by atoms with E-state index < -0.39 is 0 Å². The van der Waals surface area contributed by atoms with Gasteiger partial charge < -0.3 is 15.4 Å². The Bertz CT molecular complexity index is 1210. The minimum atomic E-state index is -0.0931. The van der Waals surface area contributed by atoms with Gasteiger partial charge in [-0.25, -0.2) is 9.97 Å². The van der Waals surface area contributed by atoms with Gasteiger partial charge in [0.05, 0.1) is 36.8 Å². The van der Waals surface area contributed by atoms with Crippen LogP contribution in [0.3, 0.4) is 0 Å². The van der Waals surface area contributed by atoms with Crippen LogP contribution < -0.4 is 10.5 Å². The second-order valence-electron chi connectivity index (χ2n) is 7.40. The highest BCUT2D eigenvalue weighted by Crippen LogP contribution is 2.38. The number of hydrogen-bond acceptors (Lipinski definition) is 7. The molecule has 0 fully saturated rings. The molecule has 9 nitrogen and oxygen atoms in total. The van der Waals surface area contributed by atoms with E-state index in [1.54, 1.807) is 41.2 Å². The van der Waals surface area contributed by atoms with E-state index in [-0.39, 0.29) is 23.3 Å². The number of fused-ring (bicyclic) bond motifs is 1. The third-order valence-corrected chi connectivity index (χ3v) is 5.14. The van der Waals surface area contributed by atoms with Crippen LogP contribution in [0, 0.1) is 11.3 Å². The van der Waals surface area contributed by atoms with Crippen LogP contribution in [0.5, 0.6) is 5.88 Å². The first-order valence-electron chi connectivity index (χ1n) is 9.43. The van der Waals surface area contributed by atoms with Crippen LogP contribution in [-0.2, 0) is 13.6 Å². The van der Waals surface area contributed by atoms with Crippen molar-refractivity contribution in [2.45, 2.75) is 26.4 Å². The molecule has 3 aromatic heterocycles. The lowest BCUT2D eigenvalue weighted by molar-refractivity contribution is 0.0730. The van der Waals surface area contributed by atoms with Crippen LogP contribution in [0.4, 0.5) is 5.82 Å². The van der Waals surface area contributed by atoms with Crippen molar-refractivity contribution in [1.29, 1.82) is 5.26 Å². The summed E-state index contributed by atoms with van der Waals surface area (Å²) in [5.74, 6) is 0.322. The number of pyridine rings is 2. The van der Waals surface area contributed by atoms with Gasteiger partial charge in [-0.3, -0.25) is 9.48 Å². The predicted molar refractivity (Wildman–Crippen MR) is 110 cm³/mol. The Balaban J connectivity index is 1.94.